The first-order chi connectivity index (χ1) is 17.5. The zero-order valence-corrected chi connectivity index (χ0v) is 31.2. The van der Waals surface area contributed by atoms with Crippen molar-refractivity contribution in [3.05, 3.63) is 87.0 Å². The molecule has 0 spiro atoms. The van der Waals surface area contributed by atoms with Gasteiger partial charge in [-0.3, -0.25) is 0 Å². The van der Waals surface area contributed by atoms with Crippen molar-refractivity contribution in [3.63, 3.8) is 0 Å². The number of hydrogen-bond donors (Lipinski definition) is 0. The van der Waals surface area contributed by atoms with Crippen molar-refractivity contribution >= 4 is 4.21 Å². The molecule has 0 radical (unpaired) electrons. The molecule has 3 heteroatoms. The van der Waals surface area contributed by atoms with Crippen molar-refractivity contribution in [1.29, 1.82) is 0 Å². The van der Waals surface area contributed by atoms with Crippen LogP contribution in [0.2, 0.25) is 0 Å². The first-order valence-corrected chi connectivity index (χ1v) is 16.1. The van der Waals surface area contributed by atoms with E-state index in [1.165, 1.54) is 99.1 Å². The minimum atomic E-state index is 0. The van der Waals surface area contributed by atoms with Crippen LogP contribution in [0.4, 0.5) is 0 Å². The van der Waals surface area contributed by atoms with Crippen LogP contribution in [0, 0.1) is 19.9 Å². The van der Waals surface area contributed by atoms with Gasteiger partial charge in [0.15, 0.2) is 0 Å². The fourth-order valence-corrected chi connectivity index (χ4v) is 5.52. The van der Waals surface area contributed by atoms with E-state index in [1.54, 1.807) is 0 Å². The Balaban J connectivity index is 0.000000772. The molecule has 0 heterocycles. The number of fused-ring (bicyclic) bond motifs is 3. The van der Waals surface area contributed by atoms with Crippen LogP contribution in [-0.2, 0) is 53.3 Å². The smallest absolute Gasteiger partial charge is 1.00 e. The maximum Gasteiger partial charge on any atom is -1.00 e. The van der Waals surface area contributed by atoms with Crippen LogP contribution in [0.15, 0.2) is 36.4 Å². The first-order valence-electron chi connectivity index (χ1n) is 14.3. The van der Waals surface area contributed by atoms with Gasteiger partial charge < -0.3 is 24.8 Å². The molecule has 0 N–H and O–H groups in total. The molecule has 0 aliphatic heterocycles. The number of aryl methyl sites for hydroxylation is 3. The summed E-state index contributed by atoms with van der Waals surface area (Å²) in [6.07, 6.45) is 4.87. The Morgan fingerprint density at radius 1 is 0.800 bits per heavy atom. The Bertz CT molecular complexity index is 1160. The Hall–Kier alpha value is -0.877. The predicted molar refractivity (Wildman–Crippen MR) is 167 cm³/mol. The van der Waals surface area contributed by atoms with E-state index >= 15 is 0 Å². The fraction of sp³-hybridized carbons (Fsp3) is 0.514. The molecule has 3 aromatic carbocycles. The van der Waals surface area contributed by atoms with Gasteiger partial charge in [0, 0.05) is 0 Å². The van der Waals surface area contributed by atoms with Crippen molar-refractivity contribution < 1.29 is 49.0 Å². The quantitative estimate of drug-likeness (QED) is 0.289. The molecule has 220 valence electrons. The number of unbranched alkanes of at least 4 members (excludes halogenated alkanes) is 1. The maximum absolute atomic E-state index is 3.69. The van der Waals surface area contributed by atoms with E-state index in [-0.39, 0.29) is 35.6 Å². The summed E-state index contributed by atoms with van der Waals surface area (Å²) in [7, 11) is 0. The molecule has 1 aliphatic carbocycles. The van der Waals surface area contributed by atoms with E-state index < -0.39 is 0 Å². The van der Waals surface area contributed by atoms with Gasteiger partial charge in [-0.1, -0.05) is 124 Å². The molecule has 4 rings (SSSR count). The topological polar surface area (TPSA) is 0 Å². The van der Waals surface area contributed by atoms with E-state index in [9.17, 15) is 0 Å². The average Bonchev–Trinajstić information content (AvgIpc) is 3.41. The molecule has 0 bridgehead atoms. The van der Waals surface area contributed by atoms with Gasteiger partial charge in [0.05, 0.1) is 0 Å². The third kappa shape index (κ3) is 9.85. The van der Waals surface area contributed by atoms with Crippen LogP contribution in [-0.4, -0.2) is 4.21 Å². The summed E-state index contributed by atoms with van der Waals surface area (Å²) in [6.45, 7) is 27.3. The zero-order valence-electron chi connectivity index (χ0n) is 27.3. The van der Waals surface area contributed by atoms with Crippen molar-refractivity contribution in [3.8, 4) is 11.1 Å². The average molecular weight is 659 g/mol. The standard InChI is InChI=1S/C23H29.C13H21.CH2.2ClH.Zr/c1-14-9-16-11-17-10-15(2)21(23(6,7)8)13-19(17)18(16)12-20(14)22(3,4)5;1-5-6-7-11-8-9-12(10-11)13(2,3)4;;;;/h9,12-13H,11H2,1-8H3;8-10H,5-7H2,1-4H3;1H2;2*1H;/q2*-1;;;;+2/p-2. The molecule has 0 aromatic heterocycles. The van der Waals surface area contributed by atoms with E-state index in [0.717, 1.165) is 6.42 Å². The summed E-state index contributed by atoms with van der Waals surface area (Å²) in [5.74, 6) is 0. The third-order valence-electron chi connectivity index (χ3n) is 7.58. The van der Waals surface area contributed by atoms with Crippen molar-refractivity contribution in [2.75, 3.05) is 0 Å². The molecule has 0 nitrogen and oxygen atoms in total. The molecule has 0 fully saturated rings. The van der Waals surface area contributed by atoms with Crippen molar-refractivity contribution in [2.45, 2.75) is 125 Å². The molecule has 40 heavy (non-hydrogen) atoms. The molecule has 0 unspecified atom stereocenters. The second-order valence-corrected chi connectivity index (χ2v) is 14.1. The summed E-state index contributed by atoms with van der Waals surface area (Å²) < 4.78 is 3.34. The molecule has 0 saturated carbocycles. The van der Waals surface area contributed by atoms with Gasteiger partial charge in [-0.25, -0.2) is 6.07 Å². The van der Waals surface area contributed by atoms with Gasteiger partial charge in [-0.15, -0.1) is 16.7 Å². The molecular formula is C37H52Cl2Zr-2. The minimum absolute atomic E-state index is 0. The van der Waals surface area contributed by atoms with Crippen LogP contribution in [0.5, 0.6) is 0 Å². The van der Waals surface area contributed by atoms with Gasteiger partial charge in [0.2, 0.25) is 0 Å². The van der Waals surface area contributed by atoms with E-state index in [2.05, 4.69) is 130 Å². The maximum atomic E-state index is 3.69. The second-order valence-electron chi connectivity index (χ2n) is 14.1. The number of benzene rings is 2. The Labute approximate surface area is 274 Å². The molecule has 3 aromatic rings. The van der Waals surface area contributed by atoms with Crippen molar-refractivity contribution in [1.82, 2.24) is 0 Å². The van der Waals surface area contributed by atoms with Gasteiger partial charge in [-0.2, -0.15) is 41.0 Å². The largest absolute Gasteiger partial charge is 1.00 e. The van der Waals surface area contributed by atoms with Gasteiger partial charge in [0.1, 0.15) is 0 Å². The molecule has 1 aliphatic rings. The van der Waals surface area contributed by atoms with Gasteiger partial charge in [-0.05, 0) is 35.4 Å². The summed E-state index contributed by atoms with van der Waals surface area (Å²) >= 11 is 1.30. The molecule has 0 amide bonds. The third-order valence-corrected chi connectivity index (χ3v) is 7.58. The Morgan fingerprint density at radius 3 is 1.82 bits per heavy atom. The summed E-state index contributed by atoms with van der Waals surface area (Å²) in [4.78, 5) is 0. The van der Waals surface area contributed by atoms with Crippen molar-refractivity contribution in [2.24, 2.45) is 0 Å². The summed E-state index contributed by atoms with van der Waals surface area (Å²) in [6, 6.07) is 17.8. The van der Waals surface area contributed by atoms with Crippen LogP contribution in [0.1, 0.15) is 127 Å². The van der Waals surface area contributed by atoms with Crippen LogP contribution in [0.3, 0.4) is 0 Å². The van der Waals surface area contributed by atoms with Crippen LogP contribution in [0.25, 0.3) is 11.1 Å². The molecule has 0 saturated heterocycles. The van der Waals surface area contributed by atoms with E-state index in [0.29, 0.717) is 5.41 Å². The zero-order chi connectivity index (χ0) is 29.1. The minimum Gasteiger partial charge on any atom is -1.00 e. The van der Waals surface area contributed by atoms with Crippen LogP contribution < -0.4 is 24.8 Å². The predicted octanol–water partition coefficient (Wildman–Crippen LogP) is 4.29. The second kappa shape index (κ2) is 15.6. The monoisotopic (exact) mass is 656 g/mol. The van der Waals surface area contributed by atoms with Gasteiger partial charge >= 0.3 is 28.4 Å². The SMILES string of the molecule is CCCCc1cc(C(C)(C)C)c[cH-]1.Cc1[c-]c2c(cc1C(C)(C)C)-c1cc(C(C)(C)C)c(C)cc1C2.[CH2]=[Zr+2].[Cl-].[Cl-]. The normalized spacial score (nSPS) is 12.1. The van der Waals surface area contributed by atoms with E-state index in [4.69, 9.17) is 0 Å². The number of rotatable bonds is 3. The number of hydrogen-bond acceptors (Lipinski definition) is 0. The summed E-state index contributed by atoms with van der Waals surface area (Å²) in [5.41, 5.74) is 14.9. The first kappa shape index (κ1) is 39.1. The van der Waals surface area contributed by atoms with Gasteiger partial charge in [0.25, 0.3) is 0 Å². The fourth-order valence-electron chi connectivity index (χ4n) is 5.52. The molecular weight excluding hydrogens is 607 g/mol. The number of halogens is 2. The molecule has 0 atom stereocenters. The van der Waals surface area contributed by atoms with Crippen LogP contribution >= 0.6 is 0 Å². The summed E-state index contributed by atoms with van der Waals surface area (Å²) in [5, 5.41) is 0. The Morgan fingerprint density at radius 2 is 1.35 bits per heavy atom. The Kier molecular flexibility index (Phi) is 15.2. The van der Waals surface area contributed by atoms with E-state index in [1.807, 2.05) is 0 Å².